The average Bonchev–Trinajstić information content (AvgIpc) is 2.54. The van der Waals surface area contributed by atoms with Gasteiger partial charge in [-0.3, -0.25) is 0 Å². The molecule has 0 aliphatic carbocycles. The number of thioether (sulfide) groups is 1. The summed E-state index contributed by atoms with van der Waals surface area (Å²) in [6, 6.07) is 7.94. The highest BCUT2D eigenvalue weighted by atomic mass is 32.2. The van der Waals surface area contributed by atoms with Crippen LogP contribution in [-0.2, 0) is 0 Å². The van der Waals surface area contributed by atoms with E-state index in [9.17, 15) is 0 Å². The van der Waals surface area contributed by atoms with E-state index in [4.69, 9.17) is 4.74 Å². The molecule has 2 aromatic rings. The molecule has 5 nitrogen and oxygen atoms in total. The Kier molecular flexibility index (Phi) is 3.25. The van der Waals surface area contributed by atoms with Crippen LogP contribution in [0.4, 0.5) is 5.69 Å². The number of para-hydroxylation sites is 1. The molecule has 1 aliphatic rings. The number of fused-ring (bicyclic) bond motifs is 3. The van der Waals surface area contributed by atoms with Gasteiger partial charge in [-0.25, -0.2) is 0 Å². The molecule has 0 radical (unpaired) electrons. The van der Waals surface area contributed by atoms with Crippen molar-refractivity contribution in [1.82, 2.24) is 15.2 Å². The Morgan fingerprint density at radius 2 is 2.16 bits per heavy atom. The van der Waals surface area contributed by atoms with E-state index in [2.05, 4.69) is 27.4 Å². The molecule has 1 aromatic heterocycles. The molecule has 0 fully saturated rings. The predicted molar refractivity (Wildman–Crippen MR) is 75.4 cm³/mol. The average molecular weight is 274 g/mol. The van der Waals surface area contributed by atoms with Crippen molar-refractivity contribution in [1.29, 1.82) is 0 Å². The fourth-order valence-electron chi connectivity index (χ4n) is 1.97. The number of nitrogens with zero attached hydrogens (tertiary/aromatic N) is 3. The molecule has 98 valence electrons. The van der Waals surface area contributed by atoms with Crippen molar-refractivity contribution < 1.29 is 4.74 Å². The number of rotatable bonds is 2. The highest BCUT2D eigenvalue weighted by molar-refractivity contribution is 7.99. The molecule has 1 unspecified atom stereocenters. The molecule has 6 heteroatoms. The fraction of sp³-hybridized carbons (Fsp3) is 0.308. The van der Waals surface area contributed by atoms with Gasteiger partial charge in [0.1, 0.15) is 0 Å². The molecule has 1 atom stereocenters. The van der Waals surface area contributed by atoms with Crippen LogP contribution in [0.3, 0.4) is 0 Å². The minimum absolute atomic E-state index is 0.154. The highest BCUT2D eigenvalue weighted by Gasteiger charge is 2.22. The monoisotopic (exact) mass is 274 g/mol. The molecule has 19 heavy (non-hydrogen) atoms. The second-order valence-electron chi connectivity index (χ2n) is 4.13. The standard InChI is InChI=1S/C13H14N4OS/c1-3-19-13-15-12-11(16-17-13)9-6-4-5-7-10(9)14-8(2)18-12/h4-8,14H,3H2,1-2H3. The highest BCUT2D eigenvalue weighted by Crippen LogP contribution is 2.35. The summed E-state index contributed by atoms with van der Waals surface area (Å²) >= 11 is 1.55. The van der Waals surface area contributed by atoms with Crippen molar-refractivity contribution in [2.24, 2.45) is 0 Å². The summed E-state index contributed by atoms with van der Waals surface area (Å²) in [4.78, 5) is 4.44. The molecule has 0 amide bonds. The van der Waals surface area contributed by atoms with Crippen molar-refractivity contribution in [2.75, 3.05) is 11.1 Å². The van der Waals surface area contributed by atoms with Gasteiger partial charge in [0.15, 0.2) is 11.9 Å². The van der Waals surface area contributed by atoms with Crippen molar-refractivity contribution in [3.63, 3.8) is 0 Å². The normalized spacial score (nSPS) is 16.6. The van der Waals surface area contributed by atoms with Crippen LogP contribution in [0.25, 0.3) is 11.3 Å². The van der Waals surface area contributed by atoms with Crippen molar-refractivity contribution in [3.8, 4) is 17.1 Å². The van der Waals surface area contributed by atoms with E-state index >= 15 is 0 Å². The largest absolute Gasteiger partial charge is 0.452 e. The van der Waals surface area contributed by atoms with Crippen molar-refractivity contribution in [3.05, 3.63) is 24.3 Å². The SMILES string of the molecule is CCSc1nnc2c(n1)OC(C)Nc1ccccc1-2. The Morgan fingerprint density at radius 1 is 1.32 bits per heavy atom. The van der Waals surface area contributed by atoms with Gasteiger partial charge in [-0.15, -0.1) is 10.2 Å². The van der Waals surface area contributed by atoms with Crippen LogP contribution in [0.15, 0.2) is 29.4 Å². The fourth-order valence-corrected chi connectivity index (χ4v) is 2.47. The summed E-state index contributed by atoms with van der Waals surface area (Å²) in [5.74, 6) is 1.45. The maximum atomic E-state index is 5.79. The Balaban J connectivity index is 2.13. The topological polar surface area (TPSA) is 59.9 Å². The van der Waals surface area contributed by atoms with Crippen LogP contribution in [0.1, 0.15) is 13.8 Å². The van der Waals surface area contributed by atoms with Gasteiger partial charge in [0.25, 0.3) is 0 Å². The third-order valence-corrected chi connectivity index (χ3v) is 3.46. The molecule has 3 rings (SSSR count). The van der Waals surface area contributed by atoms with Gasteiger partial charge in [0.05, 0.1) is 0 Å². The summed E-state index contributed by atoms with van der Waals surface area (Å²) in [7, 11) is 0. The van der Waals surface area contributed by atoms with Crippen LogP contribution >= 0.6 is 11.8 Å². The predicted octanol–water partition coefficient (Wildman–Crippen LogP) is 2.80. The number of hydrogen-bond acceptors (Lipinski definition) is 6. The van der Waals surface area contributed by atoms with Gasteiger partial charge >= 0.3 is 0 Å². The van der Waals surface area contributed by atoms with Crippen molar-refractivity contribution in [2.45, 2.75) is 25.2 Å². The van der Waals surface area contributed by atoms with E-state index in [1.54, 1.807) is 11.8 Å². The van der Waals surface area contributed by atoms with Gasteiger partial charge < -0.3 is 10.1 Å². The van der Waals surface area contributed by atoms with E-state index in [-0.39, 0.29) is 6.23 Å². The Hall–Kier alpha value is -1.82. The van der Waals surface area contributed by atoms with Gasteiger partial charge in [-0.05, 0) is 18.7 Å². The first-order chi connectivity index (χ1) is 9.28. The Labute approximate surface area is 115 Å². The summed E-state index contributed by atoms with van der Waals surface area (Å²) < 4.78 is 5.79. The quantitative estimate of drug-likeness (QED) is 0.850. The summed E-state index contributed by atoms with van der Waals surface area (Å²) in [6.07, 6.45) is -0.154. The number of benzene rings is 1. The maximum Gasteiger partial charge on any atom is 0.247 e. The minimum Gasteiger partial charge on any atom is -0.452 e. The number of anilines is 1. The molecular formula is C13H14N4OS. The third-order valence-electron chi connectivity index (χ3n) is 2.74. The molecule has 1 N–H and O–H groups in total. The van der Waals surface area contributed by atoms with Gasteiger partial charge in [0, 0.05) is 11.3 Å². The zero-order valence-corrected chi connectivity index (χ0v) is 11.6. The van der Waals surface area contributed by atoms with Crippen LogP contribution < -0.4 is 10.1 Å². The number of nitrogens with one attached hydrogen (secondary N) is 1. The maximum absolute atomic E-state index is 5.79. The van der Waals surface area contributed by atoms with Gasteiger partial charge in [-0.2, -0.15) is 4.98 Å². The number of hydrogen-bond donors (Lipinski definition) is 1. The van der Waals surface area contributed by atoms with Gasteiger partial charge in [-0.1, -0.05) is 36.9 Å². The summed E-state index contributed by atoms with van der Waals surface area (Å²) in [5.41, 5.74) is 2.64. The van der Waals surface area contributed by atoms with Crippen LogP contribution in [0.2, 0.25) is 0 Å². The van der Waals surface area contributed by atoms with Crippen molar-refractivity contribution >= 4 is 17.4 Å². The molecule has 1 aliphatic heterocycles. The Bertz CT molecular complexity index is 605. The first-order valence-corrected chi connectivity index (χ1v) is 7.16. The number of ether oxygens (including phenoxy) is 1. The van der Waals surface area contributed by atoms with E-state index in [1.165, 1.54) is 0 Å². The molecule has 0 saturated heterocycles. The minimum atomic E-state index is -0.154. The molecule has 0 spiro atoms. The van der Waals surface area contributed by atoms with Crippen LogP contribution in [-0.4, -0.2) is 27.2 Å². The third kappa shape index (κ3) is 2.35. The lowest BCUT2D eigenvalue weighted by atomic mass is 10.1. The molecular weight excluding hydrogens is 260 g/mol. The molecule has 0 bridgehead atoms. The smallest absolute Gasteiger partial charge is 0.247 e. The molecule has 1 aromatic carbocycles. The second-order valence-corrected chi connectivity index (χ2v) is 5.36. The first kappa shape index (κ1) is 12.2. The number of aromatic nitrogens is 3. The molecule has 2 heterocycles. The van der Waals surface area contributed by atoms with Gasteiger partial charge in [0.2, 0.25) is 11.0 Å². The zero-order valence-electron chi connectivity index (χ0n) is 10.8. The van der Waals surface area contributed by atoms with Crippen LogP contribution in [0, 0.1) is 0 Å². The first-order valence-electron chi connectivity index (χ1n) is 6.18. The lowest BCUT2D eigenvalue weighted by Gasteiger charge is -2.13. The lowest BCUT2D eigenvalue weighted by molar-refractivity contribution is 0.240. The summed E-state index contributed by atoms with van der Waals surface area (Å²) in [5, 5.41) is 12.3. The van der Waals surface area contributed by atoms with E-state index in [0.717, 1.165) is 17.0 Å². The summed E-state index contributed by atoms with van der Waals surface area (Å²) in [6.45, 7) is 4.00. The second kappa shape index (κ2) is 5.05. The zero-order chi connectivity index (χ0) is 13.2. The van der Waals surface area contributed by atoms with E-state index < -0.39 is 0 Å². The Morgan fingerprint density at radius 3 is 3.00 bits per heavy atom. The van der Waals surface area contributed by atoms with Crippen LogP contribution in [0.5, 0.6) is 5.88 Å². The van der Waals surface area contributed by atoms with E-state index in [1.807, 2.05) is 31.2 Å². The van der Waals surface area contributed by atoms with E-state index in [0.29, 0.717) is 16.7 Å². The lowest BCUT2D eigenvalue weighted by Crippen LogP contribution is -2.21. The molecule has 0 saturated carbocycles.